The van der Waals surface area contributed by atoms with Crippen LogP contribution in [-0.2, 0) is 11.3 Å². The van der Waals surface area contributed by atoms with Gasteiger partial charge in [0.2, 0.25) is 0 Å². The fourth-order valence-corrected chi connectivity index (χ4v) is 2.47. The molecule has 0 saturated carbocycles. The van der Waals surface area contributed by atoms with E-state index >= 15 is 0 Å². The minimum Gasteiger partial charge on any atom is -0.478 e. The highest BCUT2D eigenvalue weighted by molar-refractivity contribution is 5.88. The molecule has 1 saturated heterocycles. The number of aryl methyl sites for hydroxylation is 1. The van der Waals surface area contributed by atoms with Crippen LogP contribution in [0.5, 0.6) is 0 Å². The SMILES string of the molecule is Cc1oc(CN2CC(C)OC(C)C2)cc1C(=O)O. The number of carbonyl (C=O) groups is 1. The summed E-state index contributed by atoms with van der Waals surface area (Å²) in [6.07, 6.45) is 0.396. The molecule has 1 aliphatic rings. The van der Waals surface area contributed by atoms with Crippen molar-refractivity contribution in [3.05, 3.63) is 23.2 Å². The van der Waals surface area contributed by atoms with Crippen molar-refractivity contribution in [1.29, 1.82) is 0 Å². The third-order valence-corrected chi connectivity index (χ3v) is 3.07. The van der Waals surface area contributed by atoms with Crippen LogP contribution in [0, 0.1) is 6.92 Å². The van der Waals surface area contributed by atoms with Gasteiger partial charge in [0.15, 0.2) is 0 Å². The fraction of sp³-hybridized carbons (Fsp3) is 0.615. The van der Waals surface area contributed by atoms with Crippen LogP contribution in [0.4, 0.5) is 0 Å². The summed E-state index contributed by atoms with van der Waals surface area (Å²) in [4.78, 5) is 13.2. The van der Waals surface area contributed by atoms with E-state index in [0.29, 0.717) is 18.1 Å². The normalized spacial score (nSPS) is 25.3. The first-order valence-corrected chi connectivity index (χ1v) is 6.16. The number of aromatic carboxylic acids is 1. The van der Waals surface area contributed by atoms with Crippen LogP contribution in [0.3, 0.4) is 0 Å². The average molecular weight is 253 g/mol. The van der Waals surface area contributed by atoms with Crippen LogP contribution in [0.1, 0.15) is 35.7 Å². The van der Waals surface area contributed by atoms with Gasteiger partial charge in [-0.05, 0) is 26.8 Å². The maximum absolute atomic E-state index is 10.9. The smallest absolute Gasteiger partial charge is 0.339 e. The van der Waals surface area contributed by atoms with Crippen molar-refractivity contribution in [3.8, 4) is 0 Å². The molecule has 1 fully saturated rings. The van der Waals surface area contributed by atoms with E-state index in [1.165, 1.54) is 0 Å². The summed E-state index contributed by atoms with van der Waals surface area (Å²) in [5.41, 5.74) is 0.249. The fourth-order valence-electron chi connectivity index (χ4n) is 2.47. The molecule has 0 aliphatic carbocycles. The number of rotatable bonds is 3. The standard InChI is InChI=1S/C13H19NO4/c1-8-5-14(6-9(2)17-8)7-11-4-12(13(15)16)10(3)18-11/h4,8-9H,5-7H2,1-3H3,(H,15,16). The van der Waals surface area contributed by atoms with Gasteiger partial charge in [-0.3, -0.25) is 4.90 Å². The molecule has 2 unspecified atom stereocenters. The largest absolute Gasteiger partial charge is 0.478 e. The van der Waals surface area contributed by atoms with Crippen molar-refractivity contribution in [3.63, 3.8) is 0 Å². The first-order chi connectivity index (χ1) is 8.45. The third-order valence-electron chi connectivity index (χ3n) is 3.07. The Morgan fingerprint density at radius 3 is 2.56 bits per heavy atom. The number of nitrogens with zero attached hydrogens (tertiary/aromatic N) is 1. The van der Waals surface area contributed by atoms with Gasteiger partial charge in [0, 0.05) is 13.1 Å². The van der Waals surface area contributed by atoms with E-state index < -0.39 is 5.97 Å². The summed E-state index contributed by atoms with van der Waals surface area (Å²) >= 11 is 0. The van der Waals surface area contributed by atoms with Crippen LogP contribution in [0.15, 0.2) is 10.5 Å². The molecule has 0 aromatic carbocycles. The lowest BCUT2D eigenvalue weighted by molar-refractivity contribution is -0.0718. The van der Waals surface area contributed by atoms with Gasteiger partial charge < -0.3 is 14.3 Å². The Bertz CT molecular complexity index is 430. The van der Waals surface area contributed by atoms with Gasteiger partial charge >= 0.3 is 5.97 Å². The molecular weight excluding hydrogens is 234 g/mol. The Morgan fingerprint density at radius 2 is 2.06 bits per heavy atom. The Kier molecular flexibility index (Phi) is 3.73. The van der Waals surface area contributed by atoms with Crippen LogP contribution < -0.4 is 0 Å². The van der Waals surface area contributed by atoms with Gasteiger partial charge in [0.05, 0.1) is 18.8 Å². The summed E-state index contributed by atoms with van der Waals surface area (Å²) in [5.74, 6) is 0.226. The molecule has 1 aromatic heterocycles. The minimum atomic E-state index is -0.939. The predicted octanol–water partition coefficient (Wildman–Crippen LogP) is 1.90. The zero-order valence-electron chi connectivity index (χ0n) is 11.0. The van der Waals surface area contributed by atoms with Crippen LogP contribution in [-0.4, -0.2) is 41.3 Å². The summed E-state index contributed by atoms with van der Waals surface area (Å²) in [6.45, 7) is 8.07. The van der Waals surface area contributed by atoms with Crippen molar-refractivity contribution in [2.24, 2.45) is 0 Å². The number of furan rings is 1. The van der Waals surface area contributed by atoms with Crippen molar-refractivity contribution in [1.82, 2.24) is 4.90 Å². The maximum atomic E-state index is 10.9. The number of carboxylic acid groups (broad SMARTS) is 1. The molecule has 2 atom stereocenters. The van der Waals surface area contributed by atoms with E-state index in [0.717, 1.165) is 13.1 Å². The maximum Gasteiger partial charge on any atom is 0.339 e. The van der Waals surface area contributed by atoms with E-state index in [2.05, 4.69) is 4.90 Å². The average Bonchev–Trinajstić information content (AvgIpc) is 2.57. The third kappa shape index (κ3) is 2.91. The van der Waals surface area contributed by atoms with Gasteiger partial charge in [0.25, 0.3) is 0 Å². The molecule has 0 amide bonds. The van der Waals surface area contributed by atoms with Gasteiger partial charge in [-0.15, -0.1) is 0 Å². The predicted molar refractivity (Wildman–Crippen MR) is 65.7 cm³/mol. The summed E-state index contributed by atoms with van der Waals surface area (Å²) in [7, 11) is 0. The number of morpholine rings is 1. The number of ether oxygens (including phenoxy) is 1. The van der Waals surface area contributed by atoms with Crippen molar-refractivity contribution in [2.75, 3.05) is 13.1 Å². The van der Waals surface area contributed by atoms with E-state index in [-0.39, 0.29) is 17.8 Å². The molecule has 18 heavy (non-hydrogen) atoms. The lowest BCUT2D eigenvalue weighted by Gasteiger charge is -2.34. The highest BCUT2D eigenvalue weighted by Crippen LogP contribution is 2.19. The Labute approximate surface area is 106 Å². The van der Waals surface area contributed by atoms with Gasteiger partial charge in [0.1, 0.15) is 17.1 Å². The first kappa shape index (κ1) is 13.1. The van der Waals surface area contributed by atoms with Crippen molar-refractivity contribution < 1.29 is 19.1 Å². The zero-order valence-corrected chi connectivity index (χ0v) is 11.0. The monoisotopic (exact) mass is 253 g/mol. The lowest BCUT2D eigenvalue weighted by Crippen LogP contribution is -2.44. The second kappa shape index (κ2) is 5.12. The van der Waals surface area contributed by atoms with Crippen LogP contribution >= 0.6 is 0 Å². The molecular formula is C13H19NO4. The lowest BCUT2D eigenvalue weighted by atomic mass is 10.2. The molecule has 0 spiro atoms. The molecule has 0 bridgehead atoms. The zero-order chi connectivity index (χ0) is 13.3. The Balaban J connectivity index is 2.05. The van der Waals surface area contributed by atoms with E-state index in [1.807, 2.05) is 13.8 Å². The number of carboxylic acids is 1. The van der Waals surface area contributed by atoms with E-state index in [9.17, 15) is 4.79 Å². The second-order valence-corrected chi connectivity index (χ2v) is 4.94. The molecule has 2 heterocycles. The summed E-state index contributed by atoms with van der Waals surface area (Å²) < 4.78 is 11.1. The number of hydrogen-bond donors (Lipinski definition) is 1. The molecule has 0 radical (unpaired) electrons. The van der Waals surface area contributed by atoms with Crippen LogP contribution in [0.25, 0.3) is 0 Å². The van der Waals surface area contributed by atoms with E-state index in [1.54, 1.807) is 13.0 Å². The van der Waals surface area contributed by atoms with Crippen molar-refractivity contribution in [2.45, 2.75) is 39.5 Å². The second-order valence-electron chi connectivity index (χ2n) is 4.94. The molecule has 100 valence electrons. The summed E-state index contributed by atoms with van der Waals surface area (Å²) in [5, 5.41) is 8.98. The Morgan fingerprint density at radius 1 is 1.44 bits per heavy atom. The summed E-state index contributed by atoms with van der Waals surface area (Å²) in [6, 6.07) is 1.61. The van der Waals surface area contributed by atoms with Gasteiger partial charge in [-0.1, -0.05) is 0 Å². The molecule has 1 N–H and O–H groups in total. The Hall–Kier alpha value is -1.33. The molecule has 5 nitrogen and oxygen atoms in total. The van der Waals surface area contributed by atoms with Gasteiger partial charge in [-0.2, -0.15) is 0 Å². The number of hydrogen-bond acceptors (Lipinski definition) is 4. The first-order valence-electron chi connectivity index (χ1n) is 6.16. The van der Waals surface area contributed by atoms with Gasteiger partial charge in [-0.25, -0.2) is 4.79 Å². The van der Waals surface area contributed by atoms with Crippen LogP contribution in [0.2, 0.25) is 0 Å². The molecule has 1 aromatic rings. The molecule has 5 heteroatoms. The highest BCUT2D eigenvalue weighted by atomic mass is 16.5. The van der Waals surface area contributed by atoms with E-state index in [4.69, 9.17) is 14.3 Å². The molecule has 1 aliphatic heterocycles. The highest BCUT2D eigenvalue weighted by Gasteiger charge is 2.23. The quantitative estimate of drug-likeness (QED) is 0.891. The minimum absolute atomic E-state index is 0.198. The topological polar surface area (TPSA) is 62.9 Å². The van der Waals surface area contributed by atoms with Crippen molar-refractivity contribution >= 4 is 5.97 Å². The molecule has 2 rings (SSSR count).